The molecule has 5 heteroatoms. The summed E-state index contributed by atoms with van der Waals surface area (Å²) in [6.07, 6.45) is 1.96. The predicted molar refractivity (Wildman–Crippen MR) is 69.4 cm³/mol. The van der Waals surface area contributed by atoms with Crippen LogP contribution in [0.1, 0.15) is 24.8 Å². The highest BCUT2D eigenvalue weighted by Gasteiger charge is 2.04. The zero-order chi connectivity index (χ0) is 13.4. The summed E-state index contributed by atoms with van der Waals surface area (Å²) < 4.78 is 10.8. The number of carbonyl (C=O) groups is 1. The van der Waals surface area contributed by atoms with E-state index in [4.69, 9.17) is 15.3 Å². The van der Waals surface area contributed by atoms with Crippen LogP contribution < -0.4 is 20.7 Å². The molecule has 0 bridgehead atoms. The van der Waals surface area contributed by atoms with E-state index in [2.05, 4.69) is 5.43 Å². The monoisotopic (exact) mass is 252 g/mol. The Morgan fingerprint density at radius 2 is 2.11 bits per heavy atom. The van der Waals surface area contributed by atoms with Crippen molar-refractivity contribution in [3.05, 3.63) is 23.8 Å². The molecule has 0 aromatic heterocycles. The van der Waals surface area contributed by atoms with Crippen molar-refractivity contribution in [2.45, 2.75) is 26.2 Å². The van der Waals surface area contributed by atoms with Gasteiger partial charge in [-0.15, -0.1) is 0 Å². The lowest BCUT2D eigenvalue weighted by atomic mass is 10.2. The fourth-order valence-corrected chi connectivity index (χ4v) is 1.54. The van der Waals surface area contributed by atoms with E-state index >= 15 is 0 Å². The van der Waals surface area contributed by atoms with Gasteiger partial charge in [0.2, 0.25) is 5.91 Å². The number of amides is 1. The zero-order valence-corrected chi connectivity index (χ0v) is 10.9. The predicted octanol–water partition coefficient (Wildman–Crippen LogP) is 1.54. The topological polar surface area (TPSA) is 73.6 Å². The van der Waals surface area contributed by atoms with E-state index in [0.29, 0.717) is 13.0 Å². The SMILES string of the molecule is COc1cc(C)ccc1OCCCCC(=O)NN. The van der Waals surface area contributed by atoms with Gasteiger partial charge in [0.25, 0.3) is 0 Å². The number of hydrogen-bond acceptors (Lipinski definition) is 4. The summed E-state index contributed by atoms with van der Waals surface area (Å²) in [5.41, 5.74) is 3.22. The molecule has 1 aromatic carbocycles. The molecule has 0 aliphatic rings. The normalized spacial score (nSPS) is 9.94. The van der Waals surface area contributed by atoms with Gasteiger partial charge < -0.3 is 9.47 Å². The van der Waals surface area contributed by atoms with E-state index in [1.165, 1.54) is 0 Å². The minimum absolute atomic E-state index is 0.150. The van der Waals surface area contributed by atoms with Gasteiger partial charge in [0, 0.05) is 6.42 Å². The lowest BCUT2D eigenvalue weighted by Crippen LogP contribution is -2.29. The molecule has 0 heterocycles. The first kappa shape index (κ1) is 14.3. The average Bonchev–Trinajstić information content (AvgIpc) is 2.39. The van der Waals surface area contributed by atoms with Crippen LogP contribution in [-0.4, -0.2) is 19.6 Å². The van der Waals surface area contributed by atoms with Crippen LogP contribution >= 0.6 is 0 Å². The lowest BCUT2D eigenvalue weighted by molar-refractivity contribution is -0.121. The van der Waals surface area contributed by atoms with Gasteiger partial charge in [0.05, 0.1) is 13.7 Å². The summed E-state index contributed by atoms with van der Waals surface area (Å²) >= 11 is 0. The van der Waals surface area contributed by atoms with Crippen LogP contribution in [0.25, 0.3) is 0 Å². The minimum Gasteiger partial charge on any atom is -0.493 e. The Hall–Kier alpha value is -1.75. The van der Waals surface area contributed by atoms with E-state index in [0.717, 1.165) is 29.9 Å². The number of nitrogens with two attached hydrogens (primary N) is 1. The van der Waals surface area contributed by atoms with Crippen LogP contribution in [0.3, 0.4) is 0 Å². The molecule has 0 aliphatic carbocycles. The fourth-order valence-electron chi connectivity index (χ4n) is 1.54. The molecule has 0 spiro atoms. The molecule has 0 saturated heterocycles. The molecule has 0 unspecified atom stereocenters. The van der Waals surface area contributed by atoms with Crippen molar-refractivity contribution in [1.82, 2.24) is 5.43 Å². The summed E-state index contributed by atoms with van der Waals surface area (Å²) in [5, 5.41) is 0. The van der Waals surface area contributed by atoms with E-state index in [1.54, 1.807) is 7.11 Å². The number of aryl methyl sites for hydroxylation is 1. The van der Waals surface area contributed by atoms with Crippen molar-refractivity contribution in [2.24, 2.45) is 5.84 Å². The van der Waals surface area contributed by atoms with Crippen LogP contribution in [0.2, 0.25) is 0 Å². The van der Waals surface area contributed by atoms with Crippen LogP contribution in [0.4, 0.5) is 0 Å². The second kappa shape index (κ2) is 7.55. The quantitative estimate of drug-likeness (QED) is 0.334. The summed E-state index contributed by atoms with van der Waals surface area (Å²) in [5.74, 6) is 6.29. The second-order valence-corrected chi connectivity index (χ2v) is 4.03. The molecule has 0 aliphatic heterocycles. The van der Waals surface area contributed by atoms with E-state index in [1.807, 2.05) is 25.1 Å². The molecule has 18 heavy (non-hydrogen) atoms. The number of rotatable bonds is 7. The van der Waals surface area contributed by atoms with Crippen molar-refractivity contribution < 1.29 is 14.3 Å². The second-order valence-electron chi connectivity index (χ2n) is 4.03. The minimum atomic E-state index is -0.150. The van der Waals surface area contributed by atoms with Gasteiger partial charge in [-0.3, -0.25) is 10.2 Å². The first-order valence-electron chi connectivity index (χ1n) is 5.94. The van der Waals surface area contributed by atoms with Crippen LogP contribution in [0.5, 0.6) is 11.5 Å². The number of ether oxygens (including phenoxy) is 2. The number of methoxy groups -OCH3 is 1. The van der Waals surface area contributed by atoms with Gasteiger partial charge in [0.1, 0.15) is 0 Å². The lowest BCUT2D eigenvalue weighted by Gasteiger charge is -2.11. The highest BCUT2D eigenvalue weighted by atomic mass is 16.5. The summed E-state index contributed by atoms with van der Waals surface area (Å²) in [7, 11) is 1.62. The Labute approximate surface area is 107 Å². The Morgan fingerprint density at radius 1 is 1.33 bits per heavy atom. The Balaban J connectivity index is 2.33. The smallest absolute Gasteiger partial charge is 0.233 e. The fraction of sp³-hybridized carbons (Fsp3) is 0.462. The molecular formula is C13H20N2O3. The summed E-state index contributed by atoms with van der Waals surface area (Å²) in [6.45, 7) is 2.55. The summed E-state index contributed by atoms with van der Waals surface area (Å²) in [4.78, 5) is 10.9. The standard InChI is InChI=1S/C13H20N2O3/c1-10-6-7-11(12(9-10)17-2)18-8-4-3-5-13(16)15-14/h6-7,9H,3-5,8,14H2,1-2H3,(H,15,16). The van der Waals surface area contributed by atoms with Gasteiger partial charge in [0.15, 0.2) is 11.5 Å². The van der Waals surface area contributed by atoms with Gasteiger partial charge >= 0.3 is 0 Å². The number of unbranched alkanes of at least 4 members (excludes halogenated alkanes) is 1. The molecule has 100 valence electrons. The van der Waals surface area contributed by atoms with E-state index in [-0.39, 0.29) is 5.91 Å². The molecule has 0 fully saturated rings. The van der Waals surface area contributed by atoms with Gasteiger partial charge in [-0.2, -0.15) is 0 Å². The van der Waals surface area contributed by atoms with Crippen molar-refractivity contribution in [2.75, 3.05) is 13.7 Å². The highest BCUT2D eigenvalue weighted by molar-refractivity contribution is 5.75. The van der Waals surface area contributed by atoms with Crippen molar-refractivity contribution in [3.8, 4) is 11.5 Å². The molecule has 3 N–H and O–H groups in total. The number of benzene rings is 1. The van der Waals surface area contributed by atoms with Gasteiger partial charge in [-0.25, -0.2) is 5.84 Å². The molecule has 0 atom stereocenters. The molecule has 0 saturated carbocycles. The molecule has 1 rings (SSSR count). The number of nitrogens with one attached hydrogen (secondary N) is 1. The average molecular weight is 252 g/mol. The number of hydrogen-bond donors (Lipinski definition) is 2. The van der Waals surface area contributed by atoms with Gasteiger partial charge in [-0.1, -0.05) is 6.07 Å². The Bertz CT molecular complexity index is 394. The van der Waals surface area contributed by atoms with Crippen LogP contribution in [0.15, 0.2) is 18.2 Å². The zero-order valence-electron chi connectivity index (χ0n) is 10.9. The molecule has 1 amide bonds. The van der Waals surface area contributed by atoms with Crippen molar-refractivity contribution >= 4 is 5.91 Å². The maximum Gasteiger partial charge on any atom is 0.233 e. The molecular weight excluding hydrogens is 232 g/mol. The van der Waals surface area contributed by atoms with Gasteiger partial charge in [-0.05, 0) is 37.5 Å². The number of hydrazine groups is 1. The van der Waals surface area contributed by atoms with Crippen molar-refractivity contribution in [1.29, 1.82) is 0 Å². The summed E-state index contributed by atoms with van der Waals surface area (Å²) in [6, 6.07) is 5.79. The first-order valence-corrected chi connectivity index (χ1v) is 5.94. The molecule has 5 nitrogen and oxygen atoms in total. The van der Waals surface area contributed by atoms with Crippen molar-refractivity contribution in [3.63, 3.8) is 0 Å². The largest absolute Gasteiger partial charge is 0.493 e. The first-order chi connectivity index (χ1) is 8.67. The molecule has 0 radical (unpaired) electrons. The third-order valence-corrected chi connectivity index (χ3v) is 2.54. The van der Waals surface area contributed by atoms with E-state index < -0.39 is 0 Å². The maximum atomic E-state index is 10.9. The van der Waals surface area contributed by atoms with Crippen LogP contribution in [-0.2, 0) is 4.79 Å². The Morgan fingerprint density at radius 3 is 2.78 bits per heavy atom. The molecule has 1 aromatic rings. The Kier molecular flexibility index (Phi) is 6.00. The van der Waals surface area contributed by atoms with E-state index in [9.17, 15) is 4.79 Å². The third-order valence-electron chi connectivity index (χ3n) is 2.54. The third kappa shape index (κ3) is 4.63. The highest BCUT2D eigenvalue weighted by Crippen LogP contribution is 2.27. The van der Waals surface area contributed by atoms with Crippen LogP contribution in [0, 0.1) is 6.92 Å². The maximum absolute atomic E-state index is 10.9. The number of carbonyl (C=O) groups excluding carboxylic acids is 1.